The number of halogens is 2. The standard InChI is InChI=1S/C23H15F2N3O3S/c24-16-9-7-15(8-10-16)21-20(13-14-5-11-17(12-6-14)28(30)31)32-23(26-21)27-22(29)18-3-1-2-4-19(18)25/h1-12H,13H2,(H,26,27,29). The summed E-state index contributed by atoms with van der Waals surface area (Å²) in [4.78, 5) is 28.1. The van der Waals surface area contributed by atoms with Gasteiger partial charge in [-0.3, -0.25) is 20.2 Å². The number of rotatable bonds is 6. The SMILES string of the molecule is O=C(Nc1nc(-c2ccc(F)cc2)c(Cc2ccc([N+](=O)[O-])cc2)s1)c1ccccc1F. The summed E-state index contributed by atoms with van der Waals surface area (Å²) in [6, 6.07) is 17.5. The number of thiazole rings is 1. The first-order chi connectivity index (χ1) is 15.4. The number of aromatic nitrogens is 1. The average molecular weight is 451 g/mol. The quantitative estimate of drug-likeness (QED) is 0.295. The van der Waals surface area contributed by atoms with E-state index in [0.29, 0.717) is 17.7 Å². The van der Waals surface area contributed by atoms with Gasteiger partial charge in [0, 0.05) is 29.0 Å². The van der Waals surface area contributed by atoms with Crippen molar-refractivity contribution in [3.05, 3.63) is 111 Å². The molecular formula is C23H15F2N3O3S. The van der Waals surface area contributed by atoms with E-state index in [9.17, 15) is 23.7 Å². The van der Waals surface area contributed by atoms with E-state index in [1.165, 1.54) is 53.8 Å². The number of nitro benzene ring substituents is 1. The zero-order chi connectivity index (χ0) is 22.7. The number of benzene rings is 3. The zero-order valence-electron chi connectivity index (χ0n) is 16.4. The fourth-order valence-electron chi connectivity index (χ4n) is 3.09. The third-order valence-corrected chi connectivity index (χ3v) is 5.64. The van der Waals surface area contributed by atoms with Crippen molar-refractivity contribution in [2.75, 3.05) is 5.32 Å². The van der Waals surface area contributed by atoms with Crippen LogP contribution in [-0.2, 0) is 6.42 Å². The Morgan fingerprint density at radius 2 is 1.69 bits per heavy atom. The third-order valence-electron chi connectivity index (χ3n) is 4.67. The van der Waals surface area contributed by atoms with Gasteiger partial charge in [-0.05, 0) is 42.0 Å². The lowest BCUT2D eigenvalue weighted by atomic mass is 10.1. The Morgan fingerprint density at radius 1 is 1.00 bits per heavy atom. The highest BCUT2D eigenvalue weighted by Crippen LogP contribution is 2.33. The molecule has 0 spiro atoms. The van der Waals surface area contributed by atoms with Crippen LogP contribution < -0.4 is 5.32 Å². The Balaban J connectivity index is 1.66. The second-order valence-electron chi connectivity index (χ2n) is 6.83. The molecule has 1 aromatic heterocycles. The minimum Gasteiger partial charge on any atom is -0.298 e. The van der Waals surface area contributed by atoms with Crippen LogP contribution in [0.4, 0.5) is 19.6 Å². The molecule has 0 bridgehead atoms. The van der Waals surface area contributed by atoms with Crippen LogP contribution in [0.15, 0.2) is 72.8 Å². The first-order valence-corrected chi connectivity index (χ1v) is 10.3. The maximum Gasteiger partial charge on any atom is 0.269 e. The summed E-state index contributed by atoms with van der Waals surface area (Å²) >= 11 is 1.20. The van der Waals surface area contributed by atoms with E-state index in [1.807, 2.05) is 0 Å². The van der Waals surface area contributed by atoms with Crippen molar-refractivity contribution in [3.8, 4) is 11.3 Å². The molecule has 0 atom stereocenters. The van der Waals surface area contributed by atoms with E-state index in [0.717, 1.165) is 10.4 Å². The minimum absolute atomic E-state index is 0.0188. The Morgan fingerprint density at radius 3 is 2.34 bits per heavy atom. The maximum absolute atomic E-state index is 13.9. The highest BCUT2D eigenvalue weighted by molar-refractivity contribution is 7.16. The van der Waals surface area contributed by atoms with Gasteiger partial charge in [0.05, 0.1) is 16.2 Å². The van der Waals surface area contributed by atoms with Gasteiger partial charge in [-0.2, -0.15) is 0 Å². The molecule has 4 rings (SSSR count). The molecule has 9 heteroatoms. The number of anilines is 1. The van der Waals surface area contributed by atoms with E-state index in [1.54, 1.807) is 30.3 Å². The molecule has 0 saturated heterocycles. The van der Waals surface area contributed by atoms with Crippen LogP contribution in [0.2, 0.25) is 0 Å². The molecule has 0 radical (unpaired) electrons. The number of nitro groups is 1. The predicted octanol–water partition coefficient (Wildman–Crippen LogP) is 5.84. The fraction of sp³-hybridized carbons (Fsp3) is 0.0435. The Hall–Kier alpha value is -3.98. The summed E-state index contributed by atoms with van der Waals surface area (Å²) < 4.78 is 27.3. The van der Waals surface area contributed by atoms with Crippen molar-refractivity contribution < 1.29 is 18.5 Å². The lowest BCUT2D eigenvalue weighted by Crippen LogP contribution is -2.13. The van der Waals surface area contributed by atoms with E-state index in [4.69, 9.17) is 0 Å². The number of amides is 1. The molecule has 1 heterocycles. The molecule has 0 aliphatic rings. The topological polar surface area (TPSA) is 85.1 Å². The second-order valence-corrected chi connectivity index (χ2v) is 7.92. The normalized spacial score (nSPS) is 10.7. The summed E-state index contributed by atoms with van der Waals surface area (Å²) in [5, 5.41) is 13.8. The minimum atomic E-state index is -0.647. The molecule has 0 unspecified atom stereocenters. The molecule has 6 nitrogen and oxygen atoms in total. The van der Waals surface area contributed by atoms with Gasteiger partial charge in [0.2, 0.25) is 0 Å². The van der Waals surface area contributed by atoms with Gasteiger partial charge in [0.25, 0.3) is 11.6 Å². The van der Waals surface area contributed by atoms with Gasteiger partial charge in [0.1, 0.15) is 11.6 Å². The molecule has 1 amide bonds. The molecule has 0 fully saturated rings. The number of carbonyl (C=O) groups excluding carboxylic acids is 1. The van der Waals surface area contributed by atoms with Crippen molar-refractivity contribution in [1.82, 2.24) is 4.98 Å². The van der Waals surface area contributed by atoms with Gasteiger partial charge in [-0.15, -0.1) is 11.3 Å². The van der Waals surface area contributed by atoms with Crippen LogP contribution in [0.3, 0.4) is 0 Å². The summed E-state index contributed by atoms with van der Waals surface area (Å²) in [6.07, 6.45) is 0.387. The fourth-order valence-corrected chi connectivity index (χ4v) is 4.10. The maximum atomic E-state index is 13.9. The Bertz CT molecular complexity index is 1290. The molecule has 32 heavy (non-hydrogen) atoms. The van der Waals surface area contributed by atoms with Crippen molar-refractivity contribution in [2.24, 2.45) is 0 Å². The molecule has 0 saturated carbocycles. The van der Waals surface area contributed by atoms with Crippen LogP contribution in [0.25, 0.3) is 11.3 Å². The first kappa shape index (κ1) is 21.3. The molecule has 4 aromatic rings. The number of hydrogen-bond acceptors (Lipinski definition) is 5. The number of hydrogen-bond donors (Lipinski definition) is 1. The molecule has 0 aliphatic heterocycles. The lowest BCUT2D eigenvalue weighted by Gasteiger charge is -2.03. The molecule has 1 N–H and O–H groups in total. The number of non-ortho nitro benzene ring substituents is 1. The third kappa shape index (κ3) is 4.68. The number of nitrogens with zero attached hydrogens (tertiary/aromatic N) is 2. The van der Waals surface area contributed by atoms with Crippen molar-refractivity contribution in [3.63, 3.8) is 0 Å². The summed E-state index contributed by atoms with van der Waals surface area (Å²) in [5.74, 6) is -1.68. The van der Waals surface area contributed by atoms with Gasteiger partial charge in [0.15, 0.2) is 5.13 Å². The van der Waals surface area contributed by atoms with E-state index in [-0.39, 0.29) is 16.4 Å². The molecule has 3 aromatic carbocycles. The van der Waals surface area contributed by atoms with Crippen LogP contribution >= 0.6 is 11.3 Å². The summed E-state index contributed by atoms with van der Waals surface area (Å²) in [6.45, 7) is 0. The molecular weight excluding hydrogens is 436 g/mol. The van der Waals surface area contributed by atoms with Crippen molar-refractivity contribution in [2.45, 2.75) is 6.42 Å². The predicted molar refractivity (Wildman–Crippen MR) is 118 cm³/mol. The van der Waals surface area contributed by atoms with Crippen LogP contribution in [0.1, 0.15) is 20.8 Å². The van der Waals surface area contributed by atoms with Gasteiger partial charge >= 0.3 is 0 Å². The first-order valence-electron chi connectivity index (χ1n) is 9.45. The summed E-state index contributed by atoms with van der Waals surface area (Å²) in [7, 11) is 0. The monoisotopic (exact) mass is 451 g/mol. The van der Waals surface area contributed by atoms with Gasteiger partial charge in [-0.1, -0.05) is 24.3 Å². The van der Waals surface area contributed by atoms with Crippen LogP contribution in [0.5, 0.6) is 0 Å². The van der Waals surface area contributed by atoms with Crippen LogP contribution in [-0.4, -0.2) is 15.8 Å². The molecule has 160 valence electrons. The average Bonchev–Trinajstić information content (AvgIpc) is 3.16. The highest BCUT2D eigenvalue weighted by Gasteiger charge is 2.18. The van der Waals surface area contributed by atoms with Crippen molar-refractivity contribution >= 4 is 28.1 Å². The highest BCUT2D eigenvalue weighted by atomic mass is 32.1. The van der Waals surface area contributed by atoms with Crippen LogP contribution in [0, 0.1) is 21.7 Å². The lowest BCUT2D eigenvalue weighted by molar-refractivity contribution is -0.384. The van der Waals surface area contributed by atoms with Crippen molar-refractivity contribution in [1.29, 1.82) is 0 Å². The largest absolute Gasteiger partial charge is 0.298 e. The smallest absolute Gasteiger partial charge is 0.269 e. The van der Waals surface area contributed by atoms with E-state index >= 15 is 0 Å². The zero-order valence-corrected chi connectivity index (χ0v) is 17.2. The summed E-state index contributed by atoms with van der Waals surface area (Å²) in [5.41, 5.74) is 1.86. The van der Waals surface area contributed by atoms with Gasteiger partial charge < -0.3 is 0 Å². The van der Waals surface area contributed by atoms with E-state index < -0.39 is 22.5 Å². The number of nitrogens with one attached hydrogen (secondary N) is 1. The van der Waals surface area contributed by atoms with E-state index in [2.05, 4.69) is 10.3 Å². The second kappa shape index (κ2) is 9.03. The number of carbonyl (C=O) groups is 1. The Kier molecular flexibility index (Phi) is 6.00. The van der Waals surface area contributed by atoms with Gasteiger partial charge in [-0.25, -0.2) is 13.8 Å². The molecule has 0 aliphatic carbocycles. The Labute approximate surface area is 185 Å².